The molecule has 2 heterocycles. The second-order valence-electron chi connectivity index (χ2n) is 3.35. The highest BCUT2D eigenvalue weighted by atomic mass is 15.2. The maximum absolute atomic E-state index is 5.86. The number of rotatable bonds is 1. The number of aromatic nitrogens is 2. The van der Waals surface area contributed by atoms with Crippen molar-refractivity contribution in [2.24, 2.45) is 5.73 Å². The number of nitrogens with two attached hydrogens (primary N) is 1. The number of anilines is 1. The van der Waals surface area contributed by atoms with Crippen molar-refractivity contribution in [3.05, 3.63) is 18.6 Å². The van der Waals surface area contributed by atoms with Gasteiger partial charge in [0.15, 0.2) is 0 Å². The van der Waals surface area contributed by atoms with Crippen molar-refractivity contribution in [1.82, 2.24) is 9.97 Å². The molecule has 1 aromatic rings. The maximum atomic E-state index is 5.86. The molecule has 1 atom stereocenters. The molecule has 1 aliphatic rings. The Kier molecular flexibility index (Phi) is 2.40. The Balaban J connectivity index is 2.08. The average molecular weight is 177 g/mol. The van der Waals surface area contributed by atoms with Gasteiger partial charge in [-0.3, -0.25) is 4.98 Å². The first-order valence-corrected chi connectivity index (χ1v) is 4.55. The third-order valence-electron chi connectivity index (χ3n) is 2.28. The number of piperidine rings is 1. The fraction of sp³-hybridized carbons (Fsp3) is 0.556. The first-order valence-electron chi connectivity index (χ1n) is 4.55. The Bertz CT molecular complexity index is 262. The maximum Gasteiger partial charge on any atom is 0.147 e. The highest BCUT2D eigenvalue weighted by Gasteiger charge is 2.17. The summed E-state index contributed by atoms with van der Waals surface area (Å²) in [6.45, 7) is 1.91. The molecule has 2 N–H and O–H groups in total. The van der Waals surface area contributed by atoms with Crippen LogP contribution in [0.4, 0.5) is 5.82 Å². The fourth-order valence-electron chi connectivity index (χ4n) is 1.63. The van der Waals surface area contributed by atoms with Crippen molar-refractivity contribution in [3.8, 4) is 0 Å². The predicted molar refractivity (Wildman–Crippen MR) is 50.3 cm³/mol. The predicted octanol–water partition coefficient (Wildman–Crippen LogP) is 0.204. The Hall–Kier alpha value is -1.16. The van der Waals surface area contributed by atoms with Crippen LogP contribution in [0.3, 0.4) is 0 Å². The number of nitrogens with zero attached hydrogens (tertiary/aromatic N) is 3. The molecule has 1 fully saturated rings. The normalized spacial score (nSPS) is 23.2. The Morgan fingerprint density at radius 3 is 3.23 bits per heavy atom. The molecule has 1 aromatic heterocycles. The molecule has 13 heavy (non-hydrogen) atoms. The van der Waals surface area contributed by atoms with Crippen LogP contribution in [0.2, 0.25) is 0 Å². The van der Waals surface area contributed by atoms with Crippen LogP contribution in [-0.2, 0) is 0 Å². The highest BCUT2D eigenvalue weighted by Crippen LogP contribution is 2.14. The second-order valence-corrected chi connectivity index (χ2v) is 3.35. The molecule has 0 spiro atoms. The molecule has 2 rings (SSSR count). The lowest BCUT2D eigenvalue weighted by Gasteiger charge is -2.31. The van der Waals surface area contributed by atoms with Crippen molar-refractivity contribution >= 4 is 5.82 Å². The minimum atomic E-state index is 0.274. The zero-order chi connectivity index (χ0) is 9.10. The molecule has 1 radical (unpaired) electrons. The van der Waals surface area contributed by atoms with Crippen molar-refractivity contribution in [1.29, 1.82) is 0 Å². The summed E-state index contributed by atoms with van der Waals surface area (Å²) >= 11 is 0. The van der Waals surface area contributed by atoms with Gasteiger partial charge in [0.2, 0.25) is 0 Å². The minimum Gasteiger partial charge on any atom is -0.354 e. The molecule has 4 heteroatoms. The van der Waals surface area contributed by atoms with E-state index < -0.39 is 0 Å². The molecule has 1 unspecified atom stereocenters. The molecule has 69 valence electrons. The summed E-state index contributed by atoms with van der Waals surface area (Å²) in [5.41, 5.74) is 5.86. The summed E-state index contributed by atoms with van der Waals surface area (Å²) in [6, 6.07) is 0.274. The van der Waals surface area contributed by atoms with E-state index in [1.54, 1.807) is 12.4 Å². The monoisotopic (exact) mass is 177 g/mol. The van der Waals surface area contributed by atoms with Gasteiger partial charge < -0.3 is 10.6 Å². The van der Waals surface area contributed by atoms with Crippen molar-refractivity contribution < 1.29 is 0 Å². The van der Waals surface area contributed by atoms with Gasteiger partial charge in [-0.25, -0.2) is 4.98 Å². The summed E-state index contributed by atoms with van der Waals surface area (Å²) in [4.78, 5) is 10.3. The van der Waals surface area contributed by atoms with E-state index in [-0.39, 0.29) is 6.04 Å². The lowest BCUT2D eigenvalue weighted by atomic mass is 10.1. The summed E-state index contributed by atoms with van der Waals surface area (Å²) in [7, 11) is 0. The van der Waals surface area contributed by atoms with E-state index >= 15 is 0 Å². The van der Waals surface area contributed by atoms with Crippen LogP contribution in [0.1, 0.15) is 12.8 Å². The molecular formula is C9H13N4. The first-order chi connectivity index (χ1) is 6.36. The first kappa shape index (κ1) is 8.44. The van der Waals surface area contributed by atoms with E-state index in [2.05, 4.69) is 21.1 Å². The number of hydrogen-bond acceptors (Lipinski definition) is 4. The zero-order valence-corrected chi connectivity index (χ0v) is 7.48. The Labute approximate surface area is 77.8 Å². The SMILES string of the molecule is NC1CCCN(c2cnc[c]n2)C1. The smallest absolute Gasteiger partial charge is 0.147 e. The summed E-state index contributed by atoms with van der Waals surface area (Å²) in [5.74, 6) is 0.887. The Morgan fingerprint density at radius 1 is 1.62 bits per heavy atom. The van der Waals surface area contributed by atoms with Crippen LogP contribution in [0, 0.1) is 6.20 Å². The van der Waals surface area contributed by atoms with E-state index in [4.69, 9.17) is 5.73 Å². The molecule has 1 saturated heterocycles. The van der Waals surface area contributed by atoms with Crippen LogP contribution < -0.4 is 10.6 Å². The third-order valence-corrected chi connectivity index (χ3v) is 2.28. The topological polar surface area (TPSA) is 55.0 Å². The van der Waals surface area contributed by atoms with Crippen molar-refractivity contribution in [2.75, 3.05) is 18.0 Å². The van der Waals surface area contributed by atoms with Crippen molar-refractivity contribution in [2.45, 2.75) is 18.9 Å². The fourth-order valence-corrected chi connectivity index (χ4v) is 1.63. The van der Waals surface area contributed by atoms with Crippen LogP contribution in [0.5, 0.6) is 0 Å². The molecule has 0 bridgehead atoms. The molecule has 4 nitrogen and oxygen atoms in total. The lowest BCUT2D eigenvalue weighted by Crippen LogP contribution is -2.43. The third kappa shape index (κ3) is 1.95. The molecule has 0 saturated carbocycles. The van der Waals surface area contributed by atoms with E-state index in [0.29, 0.717) is 0 Å². The summed E-state index contributed by atoms with van der Waals surface area (Å²) in [6.07, 6.45) is 8.30. The van der Waals surface area contributed by atoms with Gasteiger partial charge in [-0.05, 0) is 12.8 Å². The standard InChI is InChI=1S/C9H13N4/c10-8-2-1-5-13(7-8)9-6-11-3-4-12-9/h3,6,8H,1-2,5,7,10H2. The second kappa shape index (κ2) is 3.70. The van der Waals surface area contributed by atoms with Gasteiger partial charge in [0.1, 0.15) is 12.0 Å². The van der Waals surface area contributed by atoms with Gasteiger partial charge in [-0.1, -0.05) is 0 Å². The lowest BCUT2D eigenvalue weighted by molar-refractivity contribution is 0.502. The quantitative estimate of drug-likeness (QED) is 0.666. The van der Waals surface area contributed by atoms with Gasteiger partial charge in [0.25, 0.3) is 0 Å². The van der Waals surface area contributed by atoms with Crippen LogP contribution in [-0.4, -0.2) is 29.1 Å². The van der Waals surface area contributed by atoms with Gasteiger partial charge in [-0.15, -0.1) is 0 Å². The Morgan fingerprint density at radius 2 is 2.54 bits per heavy atom. The van der Waals surface area contributed by atoms with Crippen LogP contribution >= 0.6 is 0 Å². The van der Waals surface area contributed by atoms with Crippen LogP contribution in [0.25, 0.3) is 0 Å². The highest BCUT2D eigenvalue weighted by molar-refractivity contribution is 5.35. The molecule has 0 amide bonds. The van der Waals surface area contributed by atoms with Gasteiger partial charge in [0, 0.05) is 19.1 Å². The van der Waals surface area contributed by atoms with E-state index in [9.17, 15) is 0 Å². The average Bonchev–Trinajstić information content (AvgIpc) is 2.19. The largest absolute Gasteiger partial charge is 0.354 e. The van der Waals surface area contributed by atoms with E-state index in [1.807, 2.05) is 0 Å². The number of hydrogen-bond donors (Lipinski definition) is 1. The summed E-state index contributed by atoms with van der Waals surface area (Å²) < 4.78 is 0. The molecular weight excluding hydrogens is 164 g/mol. The van der Waals surface area contributed by atoms with E-state index in [1.165, 1.54) is 0 Å². The van der Waals surface area contributed by atoms with Crippen LogP contribution in [0.15, 0.2) is 12.4 Å². The molecule has 0 aromatic carbocycles. The van der Waals surface area contributed by atoms with E-state index in [0.717, 1.165) is 31.7 Å². The van der Waals surface area contributed by atoms with Crippen molar-refractivity contribution in [3.63, 3.8) is 0 Å². The van der Waals surface area contributed by atoms with Gasteiger partial charge >= 0.3 is 0 Å². The van der Waals surface area contributed by atoms with Gasteiger partial charge in [-0.2, -0.15) is 0 Å². The molecule has 1 aliphatic heterocycles. The minimum absolute atomic E-state index is 0.274. The zero-order valence-electron chi connectivity index (χ0n) is 7.48. The molecule has 0 aliphatic carbocycles. The van der Waals surface area contributed by atoms with Gasteiger partial charge in [0.05, 0.1) is 12.4 Å². The summed E-state index contributed by atoms with van der Waals surface area (Å²) in [5, 5.41) is 0.